The van der Waals surface area contributed by atoms with Crippen molar-refractivity contribution >= 4 is 17.4 Å². The van der Waals surface area contributed by atoms with Gasteiger partial charge in [-0.05, 0) is 25.7 Å². The third-order valence-electron chi connectivity index (χ3n) is 4.62. The molecule has 0 bridgehead atoms. The van der Waals surface area contributed by atoms with Gasteiger partial charge in [-0.1, -0.05) is 25.5 Å². The Kier molecular flexibility index (Phi) is 7.20. The van der Waals surface area contributed by atoms with E-state index in [9.17, 15) is 14.4 Å². The molecule has 3 N–H and O–H groups in total. The predicted molar refractivity (Wildman–Crippen MR) is 101 cm³/mol. The molecule has 0 fully saturated rings. The van der Waals surface area contributed by atoms with Gasteiger partial charge >= 0.3 is 5.69 Å². The molecule has 144 valence electrons. The molecule has 1 atom stereocenters. The van der Waals surface area contributed by atoms with E-state index in [0.717, 1.165) is 25.7 Å². The van der Waals surface area contributed by atoms with Gasteiger partial charge in [0.05, 0.1) is 6.61 Å². The summed E-state index contributed by atoms with van der Waals surface area (Å²) in [6.07, 6.45) is 7.85. The van der Waals surface area contributed by atoms with Crippen LogP contribution in [0.2, 0.25) is 0 Å². The lowest BCUT2D eigenvalue weighted by Gasteiger charge is -2.28. The van der Waals surface area contributed by atoms with E-state index in [-0.39, 0.29) is 36.5 Å². The van der Waals surface area contributed by atoms with Gasteiger partial charge in [0.1, 0.15) is 5.82 Å². The highest BCUT2D eigenvalue weighted by molar-refractivity contribution is 5.97. The number of anilines is 2. The maximum atomic E-state index is 13.1. The van der Waals surface area contributed by atoms with Crippen LogP contribution < -0.4 is 21.9 Å². The Morgan fingerprint density at radius 1 is 1.42 bits per heavy atom. The summed E-state index contributed by atoms with van der Waals surface area (Å²) in [5.41, 5.74) is 5.01. The first-order chi connectivity index (χ1) is 12.5. The number of hydrogen-bond donors (Lipinski definition) is 2. The van der Waals surface area contributed by atoms with E-state index in [1.54, 1.807) is 0 Å². The van der Waals surface area contributed by atoms with Gasteiger partial charge in [0.2, 0.25) is 5.91 Å². The first-order valence-corrected chi connectivity index (χ1v) is 9.09. The molecule has 0 aromatic carbocycles. The van der Waals surface area contributed by atoms with Gasteiger partial charge in [0.25, 0.3) is 5.56 Å². The van der Waals surface area contributed by atoms with Crippen LogP contribution in [0.3, 0.4) is 0 Å². The second kappa shape index (κ2) is 9.38. The number of allylic oxidation sites excluding steroid dienone is 2. The van der Waals surface area contributed by atoms with E-state index >= 15 is 0 Å². The number of methoxy groups -OCH3 is 1. The Morgan fingerprint density at radius 2 is 2.19 bits per heavy atom. The highest BCUT2D eigenvalue weighted by Crippen LogP contribution is 2.25. The van der Waals surface area contributed by atoms with Crippen molar-refractivity contribution in [3.8, 4) is 0 Å². The smallest absolute Gasteiger partial charge is 0.330 e. The van der Waals surface area contributed by atoms with E-state index < -0.39 is 11.2 Å². The Balaban J connectivity index is 2.46. The molecule has 26 heavy (non-hydrogen) atoms. The van der Waals surface area contributed by atoms with Gasteiger partial charge in [0, 0.05) is 26.1 Å². The molecule has 1 amide bonds. The molecular weight excluding hydrogens is 336 g/mol. The average molecular weight is 364 g/mol. The van der Waals surface area contributed by atoms with E-state index in [1.165, 1.54) is 16.6 Å². The van der Waals surface area contributed by atoms with Crippen LogP contribution >= 0.6 is 0 Å². The molecule has 0 saturated carbocycles. The standard InChI is InChI=1S/C18H28N4O4/c1-3-4-10-22-15(19)14(16(23)20-18(22)25)21(11-12-26-2)17(24)13-8-6-5-7-9-13/h5-6,13H,3-4,7-12,19H2,1-2H3,(H,20,23,25). The molecule has 8 heteroatoms. The van der Waals surface area contributed by atoms with Crippen LogP contribution in [-0.4, -0.2) is 35.7 Å². The zero-order chi connectivity index (χ0) is 19.1. The number of aromatic nitrogens is 2. The Labute approximate surface area is 152 Å². The third-order valence-corrected chi connectivity index (χ3v) is 4.62. The van der Waals surface area contributed by atoms with Gasteiger partial charge in [-0.25, -0.2) is 4.79 Å². The molecule has 1 aliphatic rings. The number of nitrogens with one attached hydrogen (secondary N) is 1. The fourth-order valence-electron chi connectivity index (χ4n) is 3.13. The number of carbonyl (C=O) groups excluding carboxylic acids is 1. The number of ether oxygens (including phenoxy) is 1. The number of hydrogen-bond acceptors (Lipinski definition) is 5. The average Bonchev–Trinajstić information content (AvgIpc) is 2.64. The molecule has 1 aromatic rings. The van der Waals surface area contributed by atoms with Crippen LogP contribution in [-0.2, 0) is 16.1 Å². The molecule has 1 aromatic heterocycles. The predicted octanol–water partition coefficient (Wildman–Crippen LogP) is 1.25. The molecule has 1 aliphatic carbocycles. The summed E-state index contributed by atoms with van der Waals surface area (Å²) < 4.78 is 6.43. The summed E-state index contributed by atoms with van der Waals surface area (Å²) in [7, 11) is 1.53. The summed E-state index contributed by atoms with van der Waals surface area (Å²) in [6.45, 7) is 2.86. The number of aromatic amines is 1. The SMILES string of the molecule is CCCCn1c(N)c(N(CCOC)C(=O)C2CC=CCC2)c(=O)[nH]c1=O. The van der Waals surface area contributed by atoms with Crippen molar-refractivity contribution in [1.82, 2.24) is 9.55 Å². The quantitative estimate of drug-likeness (QED) is 0.675. The molecule has 1 unspecified atom stereocenters. The summed E-state index contributed by atoms with van der Waals surface area (Å²) in [6, 6.07) is 0. The Morgan fingerprint density at radius 3 is 2.81 bits per heavy atom. The maximum absolute atomic E-state index is 13.1. The summed E-state index contributed by atoms with van der Waals surface area (Å²) in [5, 5.41) is 0. The minimum absolute atomic E-state index is 0.0306. The second-order valence-electron chi connectivity index (χ2n) is 6.46. The summed E-state index contributed by atoms with van der Waals surface area (Å²) >= 11 is 0. The highest BCUT2D eigenvalue weighted by Gasteiger charge is 2.29. The molecule has 2 rings (SSSR count). The number of amides is 1. The van der Waals surface area contributed by atoms with E-state index in [0.29, 0.717) is 13.0 Å². The third kappa shape index (κ3) is 4.43. The Hall–Kier alpha value is -2.35. The molecule has 0 aliphatic heterocycles. The Bertz CT molecular complexity index is 765. The van der Waals surface area contributed by atoms with E-state index in [2.05, 4.69) is 11.1 Å². The van der Waals surface area contributed by atoms with Gasteiger partial charge in [-0.15, -0.1) is 0 Å². The number of nitrogens with two attached hydrogens (primary N) is 1. The maximum Gasteiger partial charge on any atom is 0.330 e. The fraction of sp³-hybridized carbons (Fsp3) is 0.611. The number of nitrogen functional groups attached to an aromatic ring is 1. The second-order valence-corrected chi connectivity index (χ2v) is 6.46. The van der Waals surface area contributed by atoms with Crippen molar-refractivity contribution in [1.29, 1.82) is 0 Å². The highest BCUT2D eigenvalue weighted by atomic mass is 16.5. The lowest BCUT2D eigenvalue weighted by Crippen LogP contribution is -2.45. The molecule has 0 spiro atoms. The van der Waals surface area contributed by atoms with Gasteiger partial charge in [0.15, 0.2) is 5.69 Å². The number of carbonyl (C=O) groups is 1. The first kappa shape index (κ1) is 20.0. The van der Waals surface area contributed by atoms with Crippen LogP contribution in [0.5, 0.6) is 0 Å². The van der Waals surface area contributed by atoms with E-state index in [1.807, 2.05) is 13.0 Å². The number of nitrogens with zero attached hydrogens (tertiary/aromatic N) is 2. The van der Waals surface area contributed by atoms with Crippen molar-refractivity contribution in [2.75, 3.05) is 30.9 Å². The van der Waals surface area contributed by atoms with Crippen LogP contribution in [0.25, 0.3) is 0 Å². The lowest BCUT2D eigenvalue weighted by atomic mass is 9.93. The summed E-state index contributed by atoms with van der Waals surface area (Å²) in [5.74, 6) is -0.334. The van der Waals surface area contributed by atoms with Crippen LogP contribution in [0.15, 0.2) is 21.7 Å². The number of H-pyrrole nitrogens is 1. The minimum atomic E-state index is -0.643. The van der Waals surface area contributed by atoms with Crippen molar-refractivity contribution in [2.24, 2.45) is 5.92 Å². The van der Waals surface area contributed by atoms with E-state index in [4.69, 9.17) is 10.5 Å². The fourth-order valence-corrected chi connectivity index (χ4v) is 3.13. The van der Waals surface area contributed by atoms with Gasteiger partial charge in [-0.2, -0.15) is 0 Å². The van der Waals surface area contributed by atoms with Gasteiger partial charge in [-0.3, -0.25) is 19.1 Å². The summed E-state index contributed by atoms with van der Waals surface area (Å²) in [4.78, 5) is 41.3. The van der Waals surface area contributed by atoms with Crippen molar-refractivity contribution in [2.45, 2.75) is 45.6 Å². The van der Waals surface area contributed by atoms with Gasteiger partial charge < -0.3 is 15.4 Å². The van der Waals surface area contributed by atoms with Crippen molar-refractivity contribution in [3.63, 3.8) is 0 Å². The lowest BCUT2D eigenvalue weighted by molar-refractivity contribution is -0.122. The molecule has 0 saturated heterocycles. The van der Waals surface area contributed by atoms with Crippen LogP contribution in [0.1, 0.15) is 39.0 Å². The largest absolute Gasteiger partial charge is 0.383 e. The normalized spacial score (nSPS) is 16.6. The first-order valence-electron chi connectivity index (χ1n) is 9.09. The van der Waals surface area contributed by atoms with Crippen molar-refractivity contribution < 1.29 is 9.53 Å². The topological polar surface area (TPSA) is 110 Å². The molecule has 0 radical (unpaired) electrons. The number of rotatable bonds is 8. The van der Waals surface area contributed by atoms with Crippen LogP contribution in [0.4, 0.5) is 11.5 Å². The molecule has 8 nitrogen and oxygen atoms in total. The monoisotopic (exact) mass is 364 g/mol. The number of unbranched alkanes of at least 4 members (excludes halogenated alkanes) is 1. The molecular formula is C18H28N4O4. The zero-order valence-corrected chi connectivity index (χ0v) is 15.5. The van der Waals surface area contributed by atoms with Crippen molar-refractivity contribution in [3.05, 3.63) is 33.0 Å². The van der Waals surface area contributed by atoms with Crippen LogP contribution in [0, 0.1) is 5.92 Å². The minimum Gasteiger partial charge on any atom is -0.383 e. The molecule has 1 heterocycles. The zero-order valence-electron chi connectivity index (χ0n) is 15.5.